The maximum Gasteiger partial charge on any atom is 0.161 e. The summed E-state index contributed by atoms with van der Waals surface area (Å²) in [5, 5.41) is 3.59. The van der Waals surface area contributed by atoms with Crippen molar-refractivity contribution in [1.82, 2.24) is 5.32 Å². The number of Topliss-reactive ketones (excluding diaryl/α,β-unsaturated/α-hetero) is 1. The molecule has 1 N–H and O–H groups in total. The smallest absolute Gasteiger partial charge is 0.161 e. The van der Waals surface area contributed by atoms with Crippen LogP contribution in [-0.2, 0) is 11.2 Å². The van der Waals surface area contributed by atoms with Gasteiger partial charge in [0.15, 0.2) is 5.78 Å². The van der Waals surface area contributed by atoms with Crippen LogP contribution in [-0.4, -0.2) is 11.5 Å². The van der Waals surface area contributed by atoms with Crippen molar-refractivity contribution >= 4 is 33.5 Å². The van der Waals surface area contributed by atoms with E-state index in [0.717, 1.165) is 41.5 Å². The second-order valence-electron chi connectivity index (χ2n) is 6.37. The maximum absolute atomic E-state index is 12.7. The summed E-state index contributed by atoms with van der Waals surface area (Å²) in [6.07, 6.45) is 4.79. The number of thioether (sulfide) groups is 1. The van der Waals surface area contributed by atoms with Gasteiger partial charge in [-0.1, -0.05) is 35.0 Å². The second-order valence-corrected chi connectivity index (χ2v) is 8.36. The van der Waals surface area contributed by atoms with Crippen LogP contribution in [0.3, 0.4) is 0 Å². The molecule has 2 nitrogen and oxygen atoms in total. The zero-order chi connectivity index (χ0) is 16.0. The van der Waals surface area contributed by atoms with Crippen LogP contribution < -0.4 is 5.32 Å². The number of hydrogen-bond acceptors (Lipinski definition) is 3. The van der Waals surface area contributed by atoms with Crippen molar-refractivity contribution in [1.29, 1.82) is 0 Å². The first-order valence-corrected chi connectivity index (χ1v) is 10.1. The fourth-order valence-corrected chi connectivity index (χ4v) is 5.80. The minimum Gasteiger partial charge on any atom is -0.361 e. The molecule has 1 aromatic rings. The summed E-state index contributed by atoms with van der Waals surface area (Å²) >= 11 is 5.63. The van der Waals surface area contributed by atoms with Gasteiger partial charge in [0, 0.05) is 44.4 Å². The number of benzene rings is 1. The monoisotopic (exact) mass is 389 g/mol. The number of carbonyl (C=O) groups is 1. The predicted octanol–water partition coefficient (Wildman–Crippen LogP) is 5.05. The van der Waals surface area contributed by atoms with Gasteiger partial charge in [0.1, 0.15) is 0 Å². The summed E-state index contributed by atoms with van der Waals surface area (Å²) in [5.74, 6) is 1.60. The molecule has 0 aromatic heterocycles. The molecular formula is C19H20BrNOS. The van der Waals surface area contributed by atoms with Crippen LogP contribution in [0.1, 0.15) is 49.7 Å². The largest absolute Gasteiger partial charge is 0.361 e. The first-order valence-electron chi connectivity index (χ1n) is 8.36. The molecule has 0 fully saturated rings. The first kappa shape index (κ1) is 15.5. The Kier molecular flexibility index (Phi) is 4.14. The van der Waals surface area contributed by atoms with Gasteiger partial charge in [-0.05, 0) is 42.9 Å². The predicted molar refractivity (Wildman–Crippen MR) is 99.4 cm³/mol. The van der Waals surface area contributed by atoms with E-state index in [9.17, 15) is 4.79 Å². The number of halogens is 1. The standard InChI is InChI=1S/C19H20BrNOS/c1-2-11-6-7-12(10-13(11)20)17-18-14(4-3-5-16(18)22)21-15-8-9-23-19(15)17/h6-7,10,17,21H,2-5,8-9H2,1H3. The van der Waals surface area contributed by atoms with Crippen LogP contribution in [0.15, 0.2) is 44.5 Å². The SMILES string of the molecule is CCc1ccc(C2C3=C(CCS3)NC3=C2C(=O)CCC3)cc1Br. The van der Waals surface area contributed by atoms with Gasteiger partial charge in [-0.25, -0.2) is 0 Å². The molecule has 0 amide bonds. The molecule has 1 aromatic carbocycles. The summed E-state index contributed by atoms with van der Waals surface area (Å²) in [7, 11) is 0. The lowest BCUT2D eigenvalue weighted by Crippen LogP contribution is -2.30. The van der Waals surface area contributed by atoms with E-state index in [1.54, 1.807) is 0 Å². The Hall–Kier alpha value is -1.00. The molecular weight excluding hydrogens is 370 g/mol. The molecule has 0 saturated heterocycles. The van der Waals surface area contributed by atoms with E-state index in [2.05, 4.69) is 46.4 Å². The van der Waals surface area contributed by atoms with Crippen molar-refractivity contribution in [3.05, 3.63) is 55.7 Å². The average Bonchev–Trinajstić information content (AvgIpc) is 3.01. The van der Waals surface area contributed by atoms with E-state index in [4.69, 9.17) is 0 Å². The van der Waals surface area contributed by atoms with Gasteiger partial charge in [-0.3, -0.25) is 4.79 Å². The van der Waals surface area contributed by atoms with E-state index < -0.39 is 0 Å². The van der Waals surface area contributed by atoms with Gasteiger partial charge in [-0.2, -0.15) is 0 Å². The molecule has 2 heterocycles. The molecule has 1 atom stereocenters. The minimum absolute atomic E-state index is 0.142. The van der Waals surface area contributed by atoms with E-state index in [-0.39, 0.29) is 5.92 Å². The molecule has 0 bridgehead atoms. The van der Waals surface area contributed by atoms with Crippen LogP contribution in [0.2, 0.25) is 0 Å². The zero-order valence-electron chi connectivity index (χ0n) is 13.2. The molecule has 0 spiro atoms. The molecule has 4 rings (SSSR count). The Labute approximate surface area is 149 Å². The topological polar surface area (TPSA) is 29.1 Å². The lowest BCUT2D eigenvalue weighted by atomic mass is 9.79. The number of dihydropyridines is 1. The Balaban J connectivity index is 1.85. The molecule has 0 saturated carbocycles. The average molecular weight is 390 g/mol. The highest BCUT2D eigenvalue weighted by atomic mass is 79.9. The first-order chi connectivity index (χ1) is 11.2. The van der Waals surface area contributed by atoms with Crippen molar-refractivity contribution < 1.29 is 4.79 Å². The summed E-state index contributed by atoms with van der Waals surface area (Å²) in [6, 6.07) is 6.65. The van der Waals surface area contributed by atoms with E-state index in [1.165, 1.54) is 27.4 Å². The van der Waals surface area contributed by atoms with Gasteiger partial charge in [0.05, 0.1) is 0 Å². The van der Waals surface area contributed by atoms with E-state index in [1.807, 2.05) is 11.8 Å². The molecule has 1 aliphatic carbocycles. The van der Waals surface area contributed by atoms with E-state index in [0.29, 0.717) is 12.2 Å². The highest BCUT2D eigenvalue weighted by Gasteiger charge is 2.38. The molecule has 0 radical (unpaired) electrons. The second kappa shape index (κ2) is 6.14. The number of allylic oxidation sites excluding steroid dienone is 4. The van der Waals surface area contributed by atoms with Gasteiger partial charge in [0.2, 0.25) is 0 Å². The highest BCUT2D eigenvalue weighted by Crippen LogP contribution is 2.50. The highest BCUT2D eigenvalue weighted by molar-refractivity contribution is 9.10. The number of aryl methyl sites for hydroxylation is 1. The Morgan fingerprint density at radius 3 is 2.91 bits per heavy atom. The molecule has 2 aliphatic heterocycles. The van der Waals surface area contributed by atoms with Crippen LogP contribution in [0.25, 0.3) is 0 Å². The van der Waals surface area contributed by atoms with Crippen molar-refractivity contribution in [3.8, 4) is 0 Å². The third kappa shape index (κ3) is 2.60. The Morgan fingerprint density at radius 2 is 2.13 bits per heavy atom. The number of carbonyl (C=O) groups excluding carboxylic acids is 1. The Bertz CT molecular complexity index is 750. The number of nitrogens with one attached hydrogen (secondary N) is 1. The molecule has 120 valence electrons. The lowest BCUT2D eigenvalue weighted by molar-refractivity contribution is -0.116. The summed E-state index contributed by atoms with van der Waals surface area (Å²) in [5.41, 5.74) is 6.13. The normalized spacial score (nSPS) is 23.7. The van der Waals surface area contributed by atoms with Gasteiger partial charge in [0.25, 0.3) is 0 Å². The fourth-order valence-electron chi connectivity index (χ4n) is 3.84. The Morgan fingerprint density at radius 1 is 1.26 bits per heavy atom. The molecule has 23 heavy (non-hydrogen) atoms. The summed E-state index contributed by atoms with van der Waals surface area (Å²) < 4.78 is 1.16. The molecule has 1 unspecified atom stereocenters. The van der Waals surface area contributed by atoms with Crippen LogP contribution in [0.4, 0.5) is 0 Å². The fraction of sp³-hybridized carbons (Fsp3) is 0.421. The summed E-state index contributed by atoms with van der Waals surface area (Å²) in [6.45, 7) is 2.17. The van der Waals surface area contributed by atoms with Gasteiger partial charge in [-0.15, -0.1) is 11.8 Å². The number of rotatable bonds is 2. The molecule has 3 aliphatic rings. The quantitative estimate of drug-likeness (QED) is 0.766. The van der Waals surface area contributed by atoms with Gasteiger partial charge >= 0.3 is 0 Å². The van der Waals surface area contributed by atoms with E-state index >= 15 is 0 Å². The maximum atomic E-state index is 12.7. The van der Waals surface area contributed by atoms with Crippen molar-refractivity contribution in [2.75, 3.05) is 5.75 Å². The van der Waals surface area contributed by atoms with Crippen molar-refractivity contribution in [2.24, 2.45) is 0 Å². The summed E-state index contributed by atoms with van der Waals surface area (Å²) in [4.78, 5) is 14.0. The number of hydrogen-bond donors (Lipinski definition) is 1. The van der Waals surface area contributed by atoms with Crippen LogP contribution in [0, 0.1) is 0 Å². The zero-order valence-corrected chi connectivity index (χ0v) is 15.6. The van der Waals surface area contributed by atoms with Crippen molar-refractivity contribution in [3.63, 3.8) is 0 Å². The van der Waals surface area contributed by atoms with Crippen LogP contribution >= 0.6 is 27.7 Å². The van der Waals surface area contributed by atoms with Gasteiger partial charge < -0.3 is 5.32 Å². The minimum atomic E-state index is 0.142. The van der Waals surface area contributed by atoms with Crippen LogP contribution in [0.5, 0.6) is 0 Å². The third-order valence-electron chi connectivity index (χ3n) is 5.01. The number of ketones is 1. The lowest BCUT2D eigenvalue weighted by Gasteiger charge is -2.33. The molecule has 4 heteroatoms. The van der Waals surface area contributed by atoms with Crippen molar-refractivity contribution in [2.45, 2.75) is 44.9 Å². The third-order valence-corrected chi connectivity index (χ3v) is 6.95.